The van der Waals surface area contributed by atoms with Crippen LogP contribution in [-0.2, 0) is 16.1 Å². The summed E-state index contributed by atoms with van der Waals surface area (Å²) in [6, 6.07) is 8.79. The number of nitrogens with one attached hydrogen (secondary N) is 1. The van der Waals surface area contributed by atoms with E-state index in [0.717, 1.165) is 35.4 Å². The first-order valence-electron chi connectivity index (χ1n) is 9.93. The number of pyridine rings is 1. The van der Waals surface area contributed by atoms with Crippen LogP contribution in [0.1, 0.15) is 48.5 Å². The Labute approximate surface area is 169 Å². The molecule has 1 atom stereocenters. The molecule has 1 N–H and O–H groups in total. The molecule has 2 aromatic rings. The topological polar surface area (TPSA) is 88.6 Å². The lowest BCUT2D eigenvalue weighted by Gasteiger charge is -2.29. The Morgan fingerprint density at radius 2 is 2.07 bits per heavy atom. The summed E-state index contributed by atoms with van der Waals surface area (Å²) in [6.07, 6.45) is 4.40. The van der Waals surface area contributed by atoms with Gasteiger partial charge in [-0.2, -0.15) is 0 Å². The van der Waals surface area contributed by atoms with Crippen molar-refractivity contribution in [3.63, 3.8) is 0 Å². The molecule has 3 amide bonds. The molecule has 7 nitrogen and oxygen atoms in total. The zero-order valence-corrected chi connectivity index (χ0v) is 16.3. The van der Waals surface area contributed by atoms with Gasteiger partial charge in [0.2, 0.25) is 11.8 Å². The Morgan fingerprint density at radius 3 is 2.79 bits per heavy atom. The number of carbonyl (C=O) groups excluding carboxylic acids is 3. The van der Waals surface area contributed by atoms with E-state index < -0.39 is 11.9 Å². The maximum absolute atomic E-state index is 12.8. The summed E-state index contributed by atoms with van der Waals surface area (Å²) in [6.45, 7) is 3.14. The fourth-order valence-corrected chi connectivity index (χ4v) is 3.70. The van der Waals surface area contributed by atoms with Crippen molar-refractivity contribution < 1.29 is 19.1 Å². The third-order valence-electron chi connectivity index (χ3n) is 5.32. The number of amides is 3. The first kappa shape index (κ1) is 19.1. The minimum atomic E-state index is -0.603. The summed E-state index contributed by atoms with van der Waals surface area (Å²) in [7, 11) is 0. The van der Waals surface area contributed by atoms with Gasteiger partial charge in [0.1, 0.15) is 11.8 Å². The van der Waals surface area contributed by atoms with Crippen LogP contribution < -0.4 is 10.1 Å². The number of hydrogen-bond acceptors (Lipinski definition) is 5. The molecule has 0 bridgehead atoms. The second-order valence-corrected chi connectivity index (χ2v) is 7.35. The van der Waals surface area contributed by atoms with Crippen LogP contribution in [0.25, 0.3) is 11.3 Å². The third-order valence-corrected chi connectivity index (χ3v) is 5.32. The minimum absolute atomic E-state index is 0.173. The highest BCUT2D eigenvalue weighted by atomic mass is 16.5. The van der Waals surface area contributed by atoms with Crippen LogP contribution in [0.15, 0.2) is 36.5 Å². The summed E-state index contributed by atoms with van der Waals surface area (Å²) in [4.78, 5) is 42.3. The molecule has 0 radical (unpaired) electrons. The predicted molar refractivity (Wildman–Crippen MR) is 106 cm³/mol. The van der Waals surface area contributed by atoms with Crippen LogP contribution in [0.5, 0.6) is 5.75 Å². The number of rotatable bonds is 6. The highest BCUT2D eigenvalue weighted by Gasteiger charge is 2.39. The van der Waals surface area contributed by atoms with Gasteiger partial charge in [0.15, 0.2) is 0 Å². The summed E-state index contributed by atoms with van der Waals surface area (Å²) in [5.41, 5.74) is 3.16. The van der Waals surface area contributed by atoms with Gasteiger partial charge in [0, 0.05) is 24.1 Å². The zero-order valence-electron chi connectivity index (χ0n) is 16.3. The molecule has 1 aromatic heterocycles. The Kier molecular flexibility index (Phi) is 5.29. The predicted octanol–water partition coefficient (Wildman–Crippen LogP) is 2.69. The molecule has 3 heterocycles. The molecule has 1 aromatic carbocycles. The molecule has 1 unspecified atom stereocenters. The van der Waals surface area contributed by atoms with Crippen molar-refractivity contribution in [2.24, 2.45) is 0 Å². The van der Waals surface area contributed by atoms with E-state index in [0.29, 0.717) is 25.1 Å². The Morgan fingerprint density at radius 1 is 1.21 bits per heavy atom. The summed E-state index contributed by atoms with van der Waals surface area (Å²) >= 11 is 0. The number of fused-ring (bicyclic) bond motifs is 1. The van der Waals surface area contributed by atoms with Crippen molar-refractivity contribution in [2.75, 3.05) is 6.61 Å². The third kappa shape index (κ3) is 3.85. The molecular weight excluding hydrogens is 370 g/mol. The average molecular weight is 393 g/mol. The number of carbonyl (C=O) groups is 3. The van der Waals surface area contributed by atoms with E-state index in [1.54, 1.807) is 17.2 Å². The van der Waals surface area contributed by atoms with Crippen LogP contribution in [0.3, 0.4) is 0 Å². The fraction of sp³-hybridized carbons (Fsp3) is 0.364. The Hall–Kier alpha value is -3.22. The largest absolute Gasteiger partial charge is 0.492 e. The van der Waals surface area contributed by atoms with E-state index in [-0.39, 0.29) is 18.2 Å². The van der Waals surface area contributed by atoms with Crippen molar-refractivity contribution in [1.82, 2.24) is 15.2 Å². The molecule has 1 saturated heterocycles. The van der Waals surface area contributed by atoms with Crippen LogP contribution >= 0.6 is 0 Å². The van der Waals surface area contributed by atoms with E-state index in [1.165, 1.54) is 0 Å². The molecule has 0 spiro atoms. The normalized spacial score (nSPS) is 18.6. The van der Waals surface area contributed by atoms with E-state index in [1.807, 2.05) is 24.3 Å². The number of benzene rings is 1. The highest BCUT2D eigenvalue weighted by molar-refractivity contribution is 6.05. The van der Waals surface area contributed by atoms with Gasteiger partial charge < -0.3 is 9.64 Å². The van der Waals surface area contributed by atoms with E-state index in [9.17, 15) is 14.4 Å². The van der Waals surface area contributed by atoms with Gasteiger partial charge in [0.25, 0.3) is 5.91 Å². The van der Waals surface area contributed by atoms with Gasteiger partial charge in [-0.15, -0.1) is 0 Å². The maximum Gasteiger partial charge on any atom is 0.255 e. The second kappa shape index (κ2) is 8.03. The quantitative estimate of drug-likeness (QED) is 0.602. The SMILES string of the molecule is CCCCOc1ccc(-c2ccc3c(c2)CN(C2CCC(=O)NC2=O)C3=O)nc1. The molecule has 0 saturated carbocycles. The highest BCUT2D eigenvalue weighted by Crippen LogP contribution is 2.31. The fourth-order valence-electron chi connectivity index (χ4n) is 3.70. The first-order valence-corrected chi connectivity index (χ1v) is 9.93. The van der Waals surface area contributed by atoms with Crippen molar-refractivity contribution >= 4 is 17.7 Å². The number of imide groups is 1. The van der Waals surface area contributed by atoms with Gasteiger partial charge in [-0.25, -0.2) is 0 Å². The minimum Gasteiger partial charge on any atom is -0.492 e. The van der Waals surface area contributed by atoms with Crippen molar-refractivity contribution in [3.05, 3.63) is 47.7 Å². The van der Waals surface area contributed by atoms with Crippen LogP contribution in [0.4, 0.5) is 0 Å². The Bertz CT molecular complexity index is 955. The summed E-state index contributed by atoms with van der Waals surface area (Å²) in [5, 5.41) is 2.32. The second-order valence-electron chi connectivity index (χ2n) is 7.35. The summed E-state index contributed by atoms with van der Waals surface area (Å²) < 4.78 is 5.65. The molecule has 1 fully saturated rings. The number of ether oxygens (including phenoxy) is 1. The standard InChI is InChI=1S/C22H23N3O4/c1-2-3-10-29-16-5-7-18(23-12-16)14-4-6-17-15(11-14)13-25(22(17)28)19-8-9-20(26)24-21(19)27/h4-7,11-12,19H,2-3,8-10,13H2,1H3,(H,24,26,27). The Balaban J connectivity index is 1.50. The molecule has 2 aliphatic heterocycles. The summed E-state index contributed by atoms with van der Waals surface area (Å²) in [5.74, 6) is -0.120. The average Bonchev–Trinajstić information content (AvgIpc) is 3.04. The number of unbranched alkanes of at least 4 members (excludes halogenated alkanes) is 1. The van der Waals surface area contributed by atoms with Crippen molar-refractivity contribution in [1.29, 1.82) is 0 Å². The van der Waals surface area contributed by atoms with E-state index in [4.69, 9.17) is 4.74 Å². The van der Waals surface area contributed by atoms with Gasteiger partial charge >= 0.3 is 0 Å². The van der Waals surface area contributed by atoms with E-state index in [2.05, 4.69) is 17.2 Å². The first-order chi connectivity index (χ1) is 14.1. The van der Waals surface area contributed by atoms with Crippen LogP contribution in [0.2, 0.25) is 0 Å². The smallest absolute Gasteiger partial charge is 0.255 e. The lowest BCUT2D eigenvalue weighted by molar-refractivity contribution is -0.136. The number of hydrogen-bond donors (Lipinski definition) is 1. The van der Waals surface area contributed by atoms with Crippen LogP contribution in [0, 0.1) is 0 Å². The zero-order chi connectivity index (χ0) is 20.4. The number of nitrogens with zero attached hydrogens (tertiary/aromatic N) is 2. The molecule has 7 heteroatoms. The lowest BCUT2D eigenvalue weighted by Crippen LogP contribution is -2.52. The molecule has 29 heavy (non-hydrogen) atoms. The number of piperidine rings is 1. The maximum atomic E-state index is 12.8. The van der Waals surface area contributed by atoms with Gasteiger partial charge in [-0.1, -0.05) is 19.4 Å². The monoisotopic (exact) mass is 393 g/mol. The van der Waals surface area contributed by atoms with Gasteiger partial charge in [-0.3, -0.25) is 24.7 Å². The van der Waals surface area contributed by atoms with Crippen molar-refractivity contribution in [3.8, 4) is 17.0 Å². The van der Waals surface area contributed by atoms with Crippen molar-refractivity contribution in [2.45, 2.75) is 45.2 Å². The number of aromatic nitrogens is 1. The van der Waals surface area contributed by atoms with Crippen LogP contribution in [-0.4, -0.2) is 40.3 Å². The van der Waals surface area contributed by atoms with Gasteiger partial charge in [-0.05, 0) is 42.7 Å². The lowest BCUT2D eigenvalue weighted by atomic mass is 10.0. The van der Waals surface area contributed by atoms with E-state index >= 15 is 0 Å². The van der Waals surface area contributed by atoms with Gasteiger partial charge in [0.05, 0.1) is 18.5 Å². The molecule has 2 aliphatic rings. The molecular formula is C22H23N3O4. The molecule has 0 aliphatic carbocycles. The molecule has 4 rings (SSSR count). The molecule has 150 valence electrons.